The van der Waals surface area contributed by atoms with E-state index < -0.39 is 0 Å². The highest BCUT2D eigenvalue weighted by Crippen LogP contribution is 2.20. The number of hydrogen-bond donors (Lipinski definition) is 1. The maximum atomic E-state index is 5.92. The molecule has 17 heavy (non-hydrogen) atoms. The lowest BCUT2D eigenvalue weighted by Crippen LogP contribution is -2.11. The summed E-state index contributed by atoms with van der Waals surface area (Å²) in [5.41, 5.74) is 1.92. The van der Waals surface area contributed by atoms with Gasteiger partial charge in [-0.2, -0.15) is 0 Å². The van der Waals surface area contributed by atoms with Crippen LogP contribution >= 0.6 is 34.2 Å². The van der Waals surface area contributed by atoms with Crippen LogP contribution in [0.2, 0.25) is 5.02 Å². The standard InChI is InChI=1S/C11H12ClIN4/c1-2-14-6-9-7-17(16-15-9)11-4-3-8(12)5-10(11)13/h3-5,7,14H,2,6H2,1H3. The Kier molecular flexibility index (Phi) is 4.36. The summed E-state index contributed by atoms with van der Waals surface area (Å²) in [7, 11) is 0. The Labute approximate surface area is 118 Å². The number of hydrogen-bond acceptors (Lipinski definition) is 3. The number of halogens is 2. The van der Waals surface area contributed by atoms with Gasteiger partial charge in [0.05, 0.1) is 17.6 Å². The van der Waals surface area contributed by atoms with Crippen LogP contribution in [0.1, 0.15) is 12.6 Å². The maximum absolute atomic E-state index is 5.92. The van der Waals surface area contributed by atoms with Crippen molar-refractivity contribution in [2.75, 3.05) is 6.54 Å². The van der Waals surface area contributed by atoms with Crippen molar-refractivity contribution in [3.05, 3.63) is 38.7 Å². The largest absolute Gasteiger partial charge is 0.311 e. The van der Waals surface area contributed by atoms with E-state index in [9.17, 15) is 0 Å². The van der Waals surface area contributed by atoms with Crippen molar-refractivity contribution in [2.24, 2.45) is 0 Å². The number of nitrogens with one attached hydrogen (secondary N) is 1. The number of nitrogens with zero attached hydrogens (tertiary/aromatic N) is 3. The third-order valence-corrected chi connectivity index (χ3v) is 3.35. The van der Waals surface area contributed by atoms with Gasteiger partial charge in [0.25, 0.3) is 0 Å². The molecule has 1 aromatic carbocycles. The van der Waals surface area contributed by atoms with Gasteiger partial charge in [0.1, 0.15) is 0 Å². The molecule has 90 valence electrons. The molecule has 0 unspecified atom stereocenters. The zero-order valence-electron chi connectivity index (χ0n) is 9.32. The third-order valence-electron chi connectivity index (χ3n) is 2.25. The second-order valence-electron chi connectivity index (χ2n) is 3.53. The Morgan fingerprint density at radius 2 is 2.29 bits per heavy atom. The summed E-state index contributed by atoms with van der Waals surface area (Å²) in [6, 6.07) is 5.70. The summed E-state index contributed by atoms with van der Waals surface area (Å²) in [5, 5.41) is 12.2. The molecular weight excluding hydrogens is 351 g/mol. The van der Waals surface area contributed by atoms with E-state index in [1.165, 1.54) is 0 Å². The van der Waals surface area contributed by atoms with Crippen molar-refractivity contribution in [2.45, 2.75) is 13.5 Å². The fraction of sp³-hybridized carbons (Fsp3) is 0.273. The van der Waals surface area contributed by atoms with Crippen LogP contribution in [0.5, 0.6) is 0 Å². The quantitative estimate of drug-likeness (QED) is 0.850. The molecule has 1 N–H and O–H groups in total. The van der Waals surface area contributed by atoms with Crippen LogP contribution in [0.4, 0.5) is 0 Å². The van der Waals surface area contributed by atoms with Gasteiger partial charge in [0.15, 0.2) is 0 Å². The molecule has 0 saturated carbocycles. The van der Waals surface area contributed by atoms with Crippen molar-refractivity contribution in [1.29, 1.82) is 0 Å². The van der Waals surface area contributed by atoms with Crippen molar-refractivity contribution in [3.8, 4) is 5.69 Å². The second kappa shape index (κ2) is 5.79. The van der Waals surface area contributed by atoms with Gasteiger partial charge >= 0.3 is 0 Å². The highest BCUT2D eigenvalue weighted by molar-refractivity contribution is 14.1. The van der Waals surface area contributed by atoms with Crippen LogP contribution in [-0.4, -0.2) is 21.5 Å². The van der Waals surface area contributed by atoms with Crippen LogP contribution in [0, 0.1) is 3.57 Å². The van der Waals surface area contributed by atoms with Gasteiger partial charge < -0.3 is 5.32 Å². The summed E-state index contributed by atoms with van der Waals surface area (Å²) in [4.78, 5) is 0. The predicted molar refractivity (Wildman–Crippen MR) is 76.5 cm³/mol. The Morgan fingerprint density at radius 3 is 3.00 bits per heavy atom. The van der Waals surface area contributed by atoms with Crippen molar-refractivity contribution < 1.29 is 0 Å². The van der Waals surface area contributed by atoms with E-state index in [-0.39, 0.29) is 0 Å². The van der Waals surface area contributed by atoms with E-state index in [0.29, 0.717) is 0 Å². The van der Waals surface area contributed by atoms with Gasteiger partial charge in [-0.15, -0.1) is 5.10 Å². The van der Waals surface area contributed by atoms with Crippen LogP contribution in [0.15, 0.2) is 24.4 Å². The fourth-order valence-corrected chi connectivity index (χ4v) is 2.54. The third kappa shape index (κ3) is 3.17. The Balaban J connectivity index is 2.24. The zero-order chi connectivity index (χ0) is 12.3. The average molecular weight is 363 g/mol. The first-order valence-electron chi connectivity index (χ1n) is 5.28. The molecule has 6 heteroatoms. The van der Waals surface area contributed by atoms with E-state index in [1.807, 2.05) is 24.4 Å². The van der Waals surface area contributed by atoms with Crippen LogP contribution in [-0.2, 0) is 6.54 Å². The van der Waals surface area contributed by atoms with Crippen LogP contribution < -0.4 is 5.32 Å². The molecule has 0 spiro atoms. The molecule has 1 heterocycles. The molecule has 0 aliphatic rings. The topological polar surface area (TPSA) is 42.7 Å². The summed E-state index contributed by atoms with van der Waals surface area (Å²) >= 11 is 8.16. The molecule has 4 nitrogen and oxygen atoms in total. The lowest BCUT2D eigenvalue weighted by molar-refractivity contribution is 0.705. The van der Waals surface area contributed by atoms with E-state index in [1.54, 1.807) is 4.68 Å². The average Bonchev–Trinajstić information content (AvgIpc) is 2.75. The molecule has 2 aromatic rings. The molecule has 0 atom stereocenters. The van der Waals surface area contributed by atoms with Crippen LogP contribution in [0.25, 0.3) is 5.69 Å². The van der Waals surface area contributed by atoms with E-state index in [2.05, 4.69) is 45.1 Å². The smallest absolute Gasteiger partial charge is 0.0969 e. The van der Waals surface area contributed by atoms with Crippen molar-refractivity contribution in [3.63, 3.8) is 0 Å². The number of rotatable bonds is 4. The highest BCUT2D eigenvalue weighted by atomic mass is 127. The summed E-state index contributed by atoms with van der Waals surface area (Å²) < 4.78 is 2.82. The highest BCUT2D eigenvalue weighted by Gasteiger charge is 2.06. The number of benzene rings is 1. The molecule has 0 radical (unpaired) electrons. The minimum Gasteiger partial charge on any atom is -0.311 e. The predicted octanol–water partition coefficient (Wildman–Crippen LogP) is 2.63. The molecule has 0 bridgehead atoms. The van der Waals surface area contributed by atoms with Crippen molar-refractivity contribution in [1.82, 2.24) is 20.3 Å². The van der Waals surface area contributed by atoms with Gasteiger partial charge in [-0.25, -0.2) is 4.68 Å². The first-order valence-corrected chi connectivity index (χ1v) is 6.73. The molecule has 2 rings (SSSR count). The van der Waals surface area contributed by atoms with E-state index in [0.717, 1.165) is 33.1 Å². The second-order valence-corrected chi connectivity index (χ2v) is 5.13. The summed E-state index contributed by atoms with van der Waals surface area (Å²) in [5.74, 6) is 0. The first-order chi connectivity index (χ1) is 8.20. The Hall–Kier alpha value is -0.660. The van der Waals surface area contributed by atoms with Crippen LogP contribution in [0.3, 0.4) is 0 Å². The minimum atomic E-state index is 0.728. The normalized spacial score (nSPS) is 10.8. The Bertz CT molecular complexity index is 512. The minimum absolute atomic E-state index is 0.728. The lowest BCUT2D eigenvalue weighted by atomic mass is 10.3. The summed E-state index contributed by atoms with van der Waals surface area (Å²) in [6.45, 7) is 3.72. The summed E-state index contributed by atoms with van der Waals surface area (Å²) in [6.07, 6.45) is 1.92. The van der Waals surface area contributed by atoms with Gasteiger partial charge in [-0.3, -0.25) is 0 Å². The first kappa shape index (κ1) is 12.8. The van der Waals surface area contributed by atoms with Gasteiger partial charge in [0.2, 0.25) is 0 Å². The SMILES string of the molecule is CCNCc1cn(-c2ccc(Cl)cc2I)nn1. The van der Waals surface area contributed by atoms with E-state index in [4.69, 9.17) is 11.6 Å². The lowest BCUT2D eigenvalue weighted by Gasteiger charge is -2.03. The van der Waals surface area contributed by atoms with Crippen molar-refractivity contribution >= 4 is 34.2 Å². The molecule has 0 saturated heterocycles. The molecule has 0 fully saturated rings. The molecule has 0 aliphatic carbocycles. The molecule has 0 amide bonds. The van der Waals surface area contributed by atoms with E-state index >= 15 is 0 Å². The Morgan fingerprint density at radius 1 is 1.47 bits per heavy atom. The molecular formula is C11H12ClIN4. The maximum Gasteiger partial charge on any atom is 0.0969 e. The zero-order valence-corrected chi connectivity index (χ0v) is 12.2. The van der Waals surface area contributed by atoms with Gasteiger partial charge in [0, 0.05) is 15.1 Å². The molecule has 1 aromatic heterocycles. The fourth-order valence-electron chi connectivity index (χ4n) is 1.42. The monoisotopic (exact) mass is 362 g/mol. The molecule has 0 aliphatic heterocycles. The van der Waals surface area contributed by atoms with Gasteiger partial charge in [-0.1, -0.05) is 23.7 Å². The van der Waals surface area contributed by atoms with Gasteiger partial charge in [-0.05, 0) is 47.3 Å². The number of aromatic nitrogens is 3.